The molecule has 1 aromatic rings. The van der Waals surface area contributed by atoms with E-state index in [0.717, 1.165) is 18.4 Å². The van der Waals surface area contributed by atoms with E-state index in [0.29, 0.717) is 19.4 Å². The second-order valence-electron chi connectivity index (χ2n) is 12.5. The zero-order chi connectivity index (χ0) is 31.6. The van der Waals surface area contributed by atoms with Gasteiger partial charge in [0.2, 0.25) is 17.7 Å². The molecule has 0 aliphatic carbocycles. The van der Waals surface area contributed by atoms with Crippen LogP contribution in [0.4, 0.5) is 0 Å². The van der Waals surface area contributed by atoms with Gasteiger partial charge in [0.15, 0.2) is 0 Å². The van der Waals surface area contributed by atoms with E-state index >= 15 is 0 Å². The fourth-order valence-electron chi connectivity index (χ4n) is 7.33. The highest BCUT2D eigenvalue weighted by molar-refractivity contribution is 5.99. The van der Waals surface area contributed by atoms with Gasteiger partial charge < -0.3 is 29.3 Å². The van der Waals surface area contributed by atoms with Crippen LogP contribution in [0.5, 0.6) is 0 Å². The molecule has 4 aliphatic heterocycles. The fourth-order valence-corrected chi connectivity index (χ4v) is 7.33. The van der Waals surface area contributed by atoms with Crippen LogP contribution in [0.2, 0.25) is 0 Å². The number of esters is 1. The molecule has 2 saturated heterocycles. The molecule has 3 amide bonds. The van der Waals surface area contributed by atoms with E-state index in [9.17, 15) is 24.3 Å². The van der Waals surface area contributed by atoms with E-state index in [1.807, 2.05) is 56.3 Å². The molecule has 5 bridgehead atoms. The summed E-state index contributed by atoms with van der Waals surface area (Å²) >= 11 is 0. The number of hydrogen-bond donors (Lipinski definition) is 1. The number of likely N-dealkylation sites (N-methyl/N-ethyl adjacent to an activating group) is 1. The highest BCUT2D eigenvalue weighted by atomic mass is 16.6. The molecule has 1 aromatic carbocycles. The summed E-state index contributed by atoms with van der Waals surface area (Å²) in [4.78, 5) is 61.1. The lowest BCUT2D eigenvalue weighted by molar-refractivity contribution is -0.164. The van der Waals surface area contributed by atoms with Gasteiger partial charge in [-0.25, -0.2) is 0 Å². The third-order valence-electron chi connectivity index (χ3n) is 9.77. The van der Waals surface area contributed by atoms with Gasteiger partial charge in [0, 0.05) is 39.2 Å². The van der Waals surface area contributed by atoms with Crippen molar-refractivity contribution in [1.82, 2.24) is 14.7 Å². The van der Waals surface area contributed by atoms with E-state index in [4.69, 9.17) is 9.47 Å². The van der Waals surface area contributed by atoms with Crippen LogP contribution in [0.3, 0.4) is 0 Å². The first kappa shape index (κ1) is 31.9. The molecule has 10 nitrogen and oxygen atoms in total. The monoisotopic (exact) mass is 607 g/mol. The van der Waals surface area contributed by atoms with E-state index in [2.05, 4.69) is 6.92 Å². The van der Waals surface area contributed by atoms with Crippen molar-refractivity contribution in [3.8, 4) is 0 Å². The molecular formula is C34H45N3O7. The smallest absolute Gasteiger partial charge is 0.313 e. The number of likely N-dealkylation sites (tertiary alicyclic amines) is 1. The zero-order valence-electron chi connectivity index (χ0n) is 26.1. The van der Waals surface area contributed by atoms with Crippen LogP contribution in [0.1, 0.15) is 64.5 Å². The predicted octanol–water partition coefficient (Wildman–Crippen LogP) is 3.02. The largest absolute Gasteiger partial charge is 0.455 e. The molecule has 1 N–H and O–H groups in total. The third-order valence-corrected chi connectivity index (χ3v) is 9.77. The summed E-state index contributed by atoms with van der Waals surface area (Å²) in [5, 5.41) is 9.66. The van der Waals surface area contributed by atoms with Crippen LogP contribution in [-0.4, -0.2) is 100 Å². The summed E-state index contributed by atoms with van der Waals surface area (Å²) in [5.74, 6) is -3.19. The van der Waals surface area contributed by atoms with Crippen molar-refractivity contribution in [2.24, 2.45) is 11.8 Å². The quantitative estimate of drug-likeness (QED) is 0.374. The Balaban J connectivity index is 1.59. The molecule has 4 aliphatic rings. The molecule has 8 atom stereocenters. The summed E-state index contributed by atoms with van der Waals surface area (Å²) in [7, 11) is 1.71. The highest BCUT2D eigenvalue weighted by Crippen LogP contribution is 2.56. The van der Waals surface area contributed by atoms with Crippen molar-refractivity contribution in [2.45, 2.75) is 88.8 Å². The number of aliphatic hydroxyl groups is 1. The van der Waals surface area contributed by atoms with Gasteiger partial charge in [-0.1, -0.05) is 68.0 Å². The summed E-state index contributed by atoms with van der Waals surface area (Å²) in [6, 6.07) is 7.70. The minimum Gasteiger partial charge on any atom is -0.455 e. The van der Waals surface area contributed by atoms with Crippen LogP contribution < -0.4 is 0 Å². The number of amides is 3. The third kappa shape index (κ3) is 5.58. The summed E-state index contributed by atoms with van der Waals surface area (Å²) in [6.45, 7) is 6.24. The highest BCUT2D eigenvalue weighted by Gasteiger charge is 2.73. The fraction of sp³-hybridized carbons (Fsp3) is 0.588. The Bertz CT molecular complexity index is 1300. The van der Waals surface area contributed by atoms with Crippen molar-refractivity contribution in [2.75, 3.05) is 26.7 Å². The van der Waals surface area contributed by atoms with Gasteiger partial charge in [0.1, 0.15) is 23.7 Å². The molecule has 1 unspecified atom stereocenters. The molecule has 2 fully saturated rings. The van der Waals surface area contributed by atoms with Crippen molar-refractivity contribution in [1.29, 1.82) is 0 Å². The standard InChI is InChI=1S/C34H45N3O7/c1-5-13-22(2)36-19-11-7-10-16-26(39)35(4)23(3)29(24-14-8-6-9-15-24)43-33(42)27-25-17-18-34(44-25)28(27)31(40)37(20-12-21-38)30(34)32(36)41/h6-9,11,14-15,17-18,22-23,25,27-30,38H,5,10,12-13,16,19-21H2,1-4H3/b11-7-/t22?,23-,25+,27-,28-,29+,30+,34-/m0/s1. The Morgan fingerprint density at radius 1 is 1.09 bits per heavy atom. The summed E-state index contributed by atoms with van der Waals surface area (Å²) in [5.41, 5.74) is -0.587. The molecule has 1 spiro atoms. The molecule has 0 radical (unpaired) electrons. The number of benzene rings is 1. The van der Waals surface area contributed by atoms with Crippen molar-refractivity contribution in [3.63, 3.8) is 0 Å². The van der Waals surface area contributed by atoms with Crippen molar-refractivity contribution >= 4 is 23.7 Å². The second-order valence-corrected chi connectivity index (χ2v) is 12.5. The van der Waals surface area contributed by atoms with Gasteiger partial charge >= 0.3 is 5.97 Å². The minimum absolute atomic E-state index is 0.0883. The first-order chi connectivity index (χ1) is 21.2. The number of rotatable bonds is 7. The molecule has 10 heteroatoms. The Labute approximate surface area is 259 Å². The van der Waals surface area contributed by atoms with Gasteiger partial charge in [0.05, 0.1) is 18.1 Å². The van der Waals surface area contributed by atoms with E-state index in [1.165, 1.54) is 4.90 Å². The Morgan fingerprint density at radius 2 is 1.84 bits per heavy atom. The van der Waals surface area contributed by atoms with E-state index in [1.54, 1.807) is 29.0 Å². The lowest BCUT2D eigenvalue weighted by Gasteiger charge is -2.38. The Kier molecular flexibility index (Phi) is 9.60. The maximum atomic E-state index is 14.6. The van der Waals surface area contributed by atoms with E-state index < -0.39 is 47.7 Å². The predicted molar refractivity (Wildman–Crippen MR) is 163 cm³/mol. The SMILES string of the molecule is CCCC(C)N1C/C=C\CCC(=O)N(C)[C@@H](C)[C@H](c2ccccc2)OC(=O)[C@@H]2[C@H]3C(=O)N(CCCO)[C@H](C1=O)[C@]31C=C[C@H]2O1. The van der Waals surface area contributed by atoms with Crippen LogP contribution in [0.25, 0.3) is 0 Å². The number of carbonyl (C=O) groups excluding carboxylic acids is 4. The maximum Gasteiger partial charge on any atom is 0.313 e. The van der Waals surface area contributed by atoms with Crippen LogP contribution in [0.15, 0.2) is 54.6 Å². The number of cyclic esters (lactones) is 1. The topological polar surface area (TPSA) is 117 Å². The van der Waals surface area contributed by atoms with Crippen LogP contribution in [-0.2, 0) is 28.7 Å². The molecule has 44 heavy (non-hydrogen) atoms. The lowest BCUT2D eigenvalue weighted by atomic mass is 9.74. The van der Waals surface area contributed by atoms with Gasteiger partial charge in [-0.05, 0) is 38.7 Å². The molecular weight excluding hydrogens is 562 g/mol. The number of ether oxygens (including phenoxy) is 2. The van der Waals surface area contributed by atoms with Gasteiger partial charge in [0.25, 0.3) is 0 Å². The van der Waals surface area contributed by atoms with Crippen LogP contribution in [0, 0.1) is 11.8 Å². The normalized spacial score (nSPS) is 34.0. The first-order valence-electron chi connectivity index (χ1n) is 15.9. The first-order valence-corrected chi connectivity index (χ1v) is 15.9. The van der Waals surface area contributed by atoms with Gasteiger partial charge in [-0.3, -0.25) is 19.2 Å². The zero-order valence-corrected chi connectivity index (χ0v) is 26.1. The number of allylic oxidation sites excluding steroid dienone is 1. The van der Waals surface area contributed by atoms with E-state index in [-0.39, 0.29) is 43.3 Å². The molecule has 0 aromatic heterocycles. The lowest BCUT2D eigenvalue weighted by Crippen LogP contribution is -2.57. The summed E-state index contributed by atoms with van der Waals surface area (Å²) in [6.07, 6.45) is 8.57. The minimum atomic E-state index is -1.32. The molecule has 0 saturated carbocycles. The van der Waals surface area contributed by atoms with Crippen molar-refractivity contribution < 1.29 is 33.8 Å². The number of fused-ring (bicyclic) bond motifs is 2. The number of aliphatic hydroxyl groups excluding tert-OH is 1. The number of nitrogens with zero attached hydrogens (tertiary/aromatic N) is 3. The number of carbonyl (C=O) groups is 4. The van der Waals surface area contributed by atoms with Gasteiger partial charge in [-0.2, -0.15) is 0 Å². The summed E-state index contributed by atoms with van der Waals surface area (Å²) < 4.78 is 12.7. The molecule has 5 rings (SSSR count). The van der Waals surface area contributed by atoms with Crippen molar-refractivity contribution in [3.05, 3.63) is 60.2 Å². The number of hydrogen-bond acceptors (Lipinski definition) is 7. The molecule has 238 valence electrons. The molecule has 4 heterocycles. The Morgan fingerprint density at radius 3 is 2.55 bits per heavy atom. The second kappa shape index (κ2) is 13.2. The average molecular weight is 608 g/mol. The van der Waals surface area contributed by atoms with Gasteiger partial charge in [-0.15, -0.1) is 0 Å². The maximum absolute atomic E-state index is 14.6. The van der Waals surface area contributed by atoms with Crippen LogP contribution >= 0.6 is 0 Å². The Hall–Kier alpha value is -3.50. The average Bonchev–Trinajstić information content (AvgIpc) is 3.66.